The van der Waals surface area contributed by atoms with Gasteiger partial charge in [-0.3, -0.25) is 5.32 Å². The van der Waals surface area contributed by atoms with Crippen molar-refractivity contribution in [2.45, 2.75) is 12.0 Å². The minimum atomic E-state index is -3.87. The summed E-state index contributed by atoms with van der Waals surface area (Å²) in [7, 11) is 0. The topological polar surface area (TPSA) is 69.6 Å². The molecule has 0 aromatic heterocycles. The molecular weight excluding hydrogens is 184 g/mol. The number of halogens is 2. The minimum absolute atomic E-state index is 0.522. The maximum Gasteiger partial charge on any atom is 0.375 e. The van der Waals surface area contributed by atoms with Crippen LogP contribution in [0.15, 0.2) is 0 Å². The molecule has 4 nitrogen and oxygen atoms in total. The molecule has 13 heavy (non-hydrogen) atoms. The van der Waals surface area contributed by atoms with Crippen molar-refractivity contribution >= 4 is 5.97 Å². The van der Waals surface area contributed by atoms with Crippen LogP contribution in [0.3, 0.4) is 0 Å². The Kier molecular flexibility index (Phi) is 4.31. The fourth-order valence-electron chi connectivity index (χ4n) is 0.503. The Balaban J connectivity index is 4.02. The third-order valence-corrected chi connectivity index (χ3v) is 1.27. The number of hydrogen-bond donors (Lipinski definition) is 3. The van der Waals surface area contributed by atoms with Crippen LogP contribution in [0.4, 0.5) is 8.78 Å². The fraction of sp³-hybridized carbons (Fsp3) is 0.571. The van der Waals surface area contributed by atoms with Crippen LogP contribution in [0.1, 0.15) is 0 Å². The first kappa shape index (κ1) is 11.8. The van der Waals surface area contributed by atoms with Gasteiger partial charge in [-0.15, -0.1) is 6.42 Å². The summed E-state index contributed by atoms with van der Waals surface area (Å²) in [5.41, 5.74) is 0. The van der Waals surface area contributed by atoms with Crippen molar-refractivity contribution in [3.63, 3.8) is 0 Å². The number of hydrogen-bond acceptors (Lipinski definition) is 3. The molecule has 0 amide bonds. The fourth-order valence-corrected chi connectivity index (χ4v) is 0.503. The molecule has 1 atom stereocenters. The van der Waals surface area contributed by atoms with Crippen LogP contribution in [0.5, 0.6) is 0 Å². The summed E-state index contributed by atoms with van der Waals surface area (Å²) in [5.74, 6) is -4.12. The van der Waals surface area contributed by atoms with E-state index >= 15 is 0 Å². The molecule has 0 aromatic rings. The number of terminal acetylenes is 1. The quantitative estimate of drug-likeness (QED) is 0.504. The van der Waals surface area contributed by atoms with Gasteiger partial charge in [0.2, 0.25) is 0 Å². The van der Waals surface area contributed by atoms with E-state index in [9.17, 15) is 13.6 Å². The van der Waals surface area contributed by atoms with E-state index in [4.69, 9.17) is 16.6 Å². The molecule has 0 spiro atoms. The Bertz CT molecular complexity index is 224. The van der Waals surface area contributed by atoms with Crippen LogP contribution in [0, 0.1) is 12.3 Å². The highest BCUT2D eigenvalue weighted by molar-refractivity contribution is 5.75. The van der Waals surface area contributed by atoms with E-state index in [2.05, 4.69) is 0 Å². The molecule has 0 aliphatic heterocycles. The lowest BCUT2D eigenvalue weighted by atomic mass is 10.3. The zero-order chi connectivity index (χ0) is 10.5. The maximum atomic E-state index is 12.4. The smallest absolute Gasteiger partial charge is 0.375 e. The Morgan fingerprint density at radius 1 is 1.69 bits per heavy atom. The van der Waals surface area contributed by atoms with Crippen molar-refractivity contribution in [1.29, 1.82) is 0 Å². The van der Waals surface area contributed by atoms with Gasteiger partial charge < -0.3 is 10.2 Å². The Labute approximate surface area is 73.6 Å². The van der Waals surface area contributed by atoms with Gasteiger partial charge in [0.1, 0.15) is 0 Å². The van der Waals surface area contributed by atoms with Gasteiger partial charge in [0, 0.05) is 0 Å². The molecule has 0 saturated heterocycles. The SMILES string of the molecule is C#CC(CO)NCC(F)(F)C(=O)O. The number of carboxylic acids is 1. The lowest BCUT2D eigenvalue weighted by molar-refractivity contribution is -0.164. The summed E-state index contributed by atoms with van der Waals surface area (Å²) in [4.78, 5) is 9.91. The standard InChI is InChI=1S/C7H9F2NO3/c1-2-5(3-11)10-4-7(8,9)6(12)13/h1,5,10-11H,3-4H2,(H,12,13). The lowest BCUT2D eigenvalue weighted by Crippen LogP contribution is -2.44. The van der Waals surface area contributed by atoms with Crippen molar-refractivity contribution in [2.75, 3.05) is 13.2 Å². The zero-order valence-electron chi connectivity index (χ0n) is 6.63. The van der Waals surface area contributed by atoms with Crippen LogP contribution in [-0.2, 0) is 4.79 Å². The molecule has 1 unspecified atom stereocenters. The van der Waals surface area contributed by atoms with Gasteiger partial charge >= 0.3 is 11.9 Å². The number of carboxylic acid groups (broad SMARTS) is 1. The summed E-state index contributed by atoms with van der Waals surface area (Å²) in [5, 5.41) is 18.5. The molecule has 0 rings (SSSR count). The van der Waals surface area contributed by atoms with Gasteiger partial charge in [-0.2, -0.15) is 8.78 Å². The first-order chi connectivity index (χ1) is 5.94. The molecule has 6 heteroatoms. The van der Waals surface area contributed by atoms with Crippen LogP contribution in [-0.4, -0.2) is 41.3 Å². The average Bonchev–Trinajstić information content (AvgIpc) is 2.06. The molecular formula is C7H9F2NO3. The number of nitrogens with one attached hydrogen (secondary N) is 1. The third-order valence-electron chi connectivity index (χ3n) is 1.27. The molecule has 0 aliphatic carbocycles. The predicted octanol–water partition coefficient (Wildman–Crippen LogP) is -0.710. The summed E-state index contributed by atoms with van der Waals surface area (Å²) in [6.07, 6.45) is 4.82. The first-order valence-electron chi connectivity index (χ1n) is 3.35. The van der Waals surface area contributed by atoms with Gasteiger partial charge in [0.25, 0.3) is 0 Å². The number of aliphatic carboxylic acids is 1. The highest BCUT2D eigenvalue weighted by Gasteiger charge is 2.38. The normalized spacial score (nSPS) is 13.4. The van der Waals surface area contributed by atoms with Gasteiger partial charge in [0.05, 0.1) is 19.2 Å². The van der Waals surface area contributed by atoms with E-state index in [1.807, 2.05) is 11.2 Å². The van der Waals surface area contributed by atoms with E-state index in [1.165, 1.54) is 0 Å². The van der Waals surface area contributed by atoms with E-state index in [0.717, 1.165) is 0 Å². The number of aliphatic hydroxyl groups is 1. The summed E-state index contributed by atoms with van der Waals surface area (Å²) >= 11 is 0. The van der Waals surface area contributed by atoms with E-state index in [0.29, 0.717) is 0 Å². The molecule has 0 heterocycles. The Morgan fingerprint density at radius 3 is 2.54 bits per heavy atom. The highest BCUT2D eigenvalue weighted by Crippen LogP contribution is 2.11. The Morgan fingerprint density at radius 2 is 2.23 bits per heavy atom. The molecule has 0 aromatic carbocycles. The number of rotatable bonds is 5. The average molecular weight is 193 g/mol. The van der Waals surface area contributed by atoms with Crippen molar-refractivity contribution in [3.05, 3.63) is 0 Å². The van der Waals surface area contributed by atoms with E-state index < -0.39 is 31.1 Å². The third kappa shape index (κ3) is 3.83. The maximum absolute atomic E-state index is 12.4. The molecule has 74 valence electrons. The van der Waals surface area contributed by atoms with Crippen molar-refractivity contribution in [2.24, 2.45) is 0 Å². The predicted molar refractivity (Wildman–Crippen MR) is 40.3 cm³/mol. The molecule has 0 saturated carbocycles. The van der Waals surface area contributed by atoms with E-state index in [1.54, 1.807) is 0 Å². The second-order valence-corrected chi connectivity index (χ2v) is 2.29. The lowest BCUT2D eigenvalue weighted by Gasteiger charge is -2.14. The van der Waals surface area contributed by atoms with Gasteiger partial charge in [-0.1, -0.05) is 5.92 Å². The Hall–Kier alpha value is -1.19. The van der Waals surface area contributed by atoms with Gasteiger partial charge in [-0.25, -0.2) is 4.79 Å². The minimum Gasteiger partial charge on any atom is -0.477 e. The molecule has 0 bridgehead atoms. The molecule has 0 fully saturated rings. The van der Waals surface area contributed by atoms with Crippen molar-refractivity contribution in [3.8, 4) is 12.3 Å². The molecule has 3 N–H and O–H groups in total. The van der Waals surface area contributed by atoms with Gasteiger partial charge in [0.15, 0.2) is 0 Å². The van der Waals surface area contributed by atoms with Crippen LogP contribution in [0.2, 0.25) is 0 Å². The van der Waals surface area contributed by atoms with Crippen LogP contribution >= 0.6 is 0 Å². The second-order valence-electron chi connectivity index (χ2n) is 2.29. The summed E-state index contributed by atoms with van der Waals surface area (Å²) in [6.45, 7) is -1.62. The number of aliphatic hydroxyl groups excluding tert-OH is 1. The number of alkyl halides is 2. The zero-order valence-corrected chi connectivity index (χ0v) is 6.63. The van der Waals surface area contributed by atoms with Crippen molar-refractivity contribution < 1.29 is 23.8 Å². The first-order valence-corrected chi connectivity index (χ1v) is 3.35. The summed E-state index contributed by atoms with van der Waals surface area (Å²) in [6, 6.07) is -0.953. The van der Waals surface area contributed by atoms with Gasteiger partial charge in [-0.05, 0) is 0 Å². The molecule has 0 aliphatic rings. The number of carbonyl (C=O) groups is 1. The highest BCUT2D eigenvalue weighted by atomic mass is 19.3. The van der Waals surface area contributed by atoms with Crippen LogP contribution in [0.25, 0.3) is 0 Å². The van der Waals surface area contributed by atoms with E-state index in [-0.39, 0.29) is 0 Å². The summed E-state index contributed by atoms with van der Waals surface area (Å²) < 4.78 is 24.7. The van der Waals surface area contributed by atoms with Crippen molar-refractivity contribution in [1.82, 2.24) is 5.32 Å². The largest absolute Gasteiger partial charge is 0.477 e. The second kappa shape index (κ2) is 4.74. The monoisotopic (exact) mass is 193 g/mol. The van der Waals surface area contributed by atoms with Crippen LogP contribution < -0.4 is 5.32 Å². The molecule has 0 radical (unpaired) electrons.